The van der Waals surface area contributed by atoms with Crippen LogP contribution < -0.4 is 10.1 Å². The van der Waals surface area contributed by atoms with Gasteiger partial charge in [-0.2, -0.15) is 0 Å². The maximum absolute atomic E-state index is 12.3. The smallest absolute Gasteiger partial charge is 0.260 e. The van der Waals surface area contributed by atoms with Gasteiger partial charge in [-0.3, -0.25) is 4.79 Å². The van der Waals surface area contributed by atoms with Gasteiger partial charge in [-0.15, -0.1) is 0 Å². The molecule has 0 radical (unpaired) electrons. The average molecular weight is 292 g/mol. The third-order valence-electron chi connectivity index (χ3n) is 2.79. The molecule has 0 aliphatic heterocycles. The van der Waals surface area contributed by atoms with Crippen LogP contribution in [0.2, 0.25) is 5.02 Å². The van der Waals surface area contributed by atoms with Gasteiger partial charge in [0.2, 0.25) is 0 Å². The lowest BCUT2D eigenvalue weighted by molar-refractivity contribution is 0.102. The van der Waals surface area contributed by atoms with E-state index in [0.29, 0.717) is 22.0 Å². The van der Waals surface area contributed by atoms with Crippen LogP contribution in [0, 0.1) is 0 Å². The number of ether oxygens (including phenoxy) is 1. The van der Waals surface area contributed by atoms with Gasteiger partial charge in [0.25, 0.3) is 5.91 Å². The Balaban J connectivity index is 2.28. The summed E-state index contributed by atoms with van der Waals surface area (Å²) in [7, 11) is 1.48. The molecule has 1 amide bonds. The van der Waals surface area contributed by atoms with Crippen LogP contribution >= 0.6 is 11.6 Å². The zero-order valence-electron chi connectivity index (χ0n) is 10.9. The van der Waals surface area contributed by atoms with Gasteiger partial charge in [-0.1, -0.05) is 29.8 Å². The molecule has 2 rings (SSSR count). The molecule has 0 heterocycles. The lowest BCUT2D eigenvalue weighted by Crippen LogP contribution is -2.14. The molecule has 0 aliphatic carbocycles. The number of carbonyl (C=O) groups is 1. The Labute approximate surface area is 122 Å². The molecule has 5 heteroatoms. The van der Waals surface area contributed by atoms with Crippen LogP contribution in [-0.2, 0) is 6.61 Å². The first-order valence-electron chi connectivity index (χ1n) is 5.99. The van der Waals surface area contributed by atoms with Crippen molar-refractivity contribution in [1.82, 2.24) is 0 Å². The Kier molecular flexibility index (Phi) is 4.61. The summed E-state index contributed by atoms with van der Waals surface area (Å²) in [6.07, 6.45) is 0. The Morgan fingerprint density at radius 3 is 2.75 bits per heavy atom. The Morgan fingerprint density at radius 1 is 1.30 bits per heavy atom. The lowest BCUT2D eigenvalue weighted by Gasteiger charge is -2.11. The van der Waals surface area contributed by atoms with E-state index in [1.54, 1.807) is 42.5 Å². The van der Waals surface area contributed by atoms with Crippen molar-refractivity contribution in [3.63, 3.8) is 0 Å². The molecule has 0 saturated carbocycles. The van der Waals surface area contributed by atoms with E-state index in [4.69, 9.17) is 21.4 Å². The van der Waals surface area contributed by atoms with Crippen molar-refractivity contribution in [1.29, 1.82) is 0 Å². The molecule has 104 valence electrons. The normalized spacial score (nSPS) is 10.2. The SMILES string of the molecule is COc1cccc(Cl)c1C(=O)Nc1cccc(CO)c1. The molecule has 20 heavy (non-hydrogen) atoms. The zero-order valence-corrected chi connectivity index (χ0v) is 11.6. The second-order valence-electron chi connectivity index (χ2n) is 4.13. The van der Waals surface area contributed by atoms with Gasteiger partial charge in [0.15, 0.2) is 0 Å². The monoisotopic (exact) mass is 291 g/mol. The maximum Gasteiger partial charge on any atom is 0.260 e. The first kappa shape index (κ1) is 14.4. The van der Waals surface area contributed by atoms with E-state index in [1.165, 1.54) is 7.11 Å². The number of benzene rings is 2. The summed E-state index contributed by atoms with van der Waals surface area (Å²) in [5.41, 5.74) is 1.59. The number of rotatable bonds is 4. The van der Waals surface area contributed by atoms with Gasteiger partial charge in [0.05, 0.1) is 18.7 Å². The van der Waals surface area contributed by atoms with E-state index in [0.717, 1.165) is 0 Å². The minimum Gasteiger partial charge on any atom is -0.496 e. The predicted molar refractivity (Wildman–Crippen MR) is 78.3 cm³/mol. The summed E-state index contributed by atoms with van der Waals surface area (Å²) in [6, 6.07) is 12.0. The van der Waals surface area contributed by atoms with Crippen molar-refractivity contribution in [2.75, 3.05) is 12.4 Å². The fourth-order valence-corrected chi connectivity index (χ4v) is 2.09. The van der Waals surface area contributed by atoms with Gasteiger partial charge >= 0.3 is 0 Å². The minimum atomic E-state index is -0.359. The molecule has 0 fully saturated rings. The molecule has 2 aromatic rings. The van der Waals surface area contributed by atoms with Crippen LogP contribution in [0.15, 0.2) is 42.5 Å². The van der Waals surface area contributed by atoms with Gasteiger partial charge in [-0.05, 0) is 29.8 Å². The van der Waals surface area contributed by atoms with E-state index < -0.39 is 0 Å². The highest BCUT2D eigenvalue weighted by Crippen LogP contribution is 2.27. The fourth-order valence-electron chi connectivity index (χ4n) is 1.84. The standard InChI is InChI=1S/C15H14ClNO3/c1-20-13-7-3-6-12(16)14(13)15(19)17-11-5-2-4-10(8-11)9-18/h2-8,18H,9H2,1H3,(H,17,19). The molecule has 0 bridgehead atoms. The van der Waals surface area contributed by atoms with E-state index >= 15 is 0 Å². The van der Waals surface area contributed by atoms with Crippen LogP contribution in [0.25, 0.3) is 0 Å². The summed E-state index contributed by atoms with van der Waals surface area (Å²) in [6.45, 7) is -0.0842. The summed E-state index contributed by atoms with van der Waals surface area (Å²) in [5.74, 6) is 0.0517. The topological polar surface area (TPSA) is 58.6 Å². The van der Waals surface area contributed by atoms with Gasteiger partial charge < -0.3 is 15.2 Å². The second kappa shape index (κ2) is 6.41. The Hall–Kier alpha value is -2.04. The van der Waals surface area contributed by atoms with Gasteiger partial charge in [0, 0.05) is 5.69 Å². The van der Waals surface area contributed by atoms with Crippen LogP contribution in [-0.4, -0.2) is 18.1 Å². The first-order chi connectivity index (χ1) is 9.65. The van der Waals surface area contributed by atoms with E-state index in [2.05, 4.69) is 5.32 Å². The number of methoxy groups -OCH3 is 1. The molecule has 0 spiro atoms. The fraction of sp³-hybridized carbons (Fsp3) is 0.133. The van der Waals surface area contributed by atoms with Gasteiger partial charge in [0.1, 0.15) is 11.3 Å². The number of halogens is 1. The number of nitrogens with one attached hydrogen (secondary N) is 1. The van der Waals surface area contributed by atoms with Crippen molar-refractivity contribution >= 4 is 23.2 Å². The first-order valence-corrected chi connectivity index (χ1v) is 6.37. The van der Waals surface area contributed by atoms with E-state index in [1.807, 2.05) is 0 Å². The molecule has 0 atom stereocenters. The number of hydrogen-bond acceptors (Lipinski definition) is 3. The number of hydrogen-bond donors (Lipinski definition) is 2. The number of aliphatic hydroxyl groups is 1. The molecular weight excluding hydrogens is 278 g/mol. The van der Waals surface area contributed by atoms with Crippen LogP contribution in [0.4, 0.5) is 5.69 Å². The third-order valence-corrected chi connectivity index (χ3v) is 3.10. The molecule has 2 aromatic carbocycles. The highest BCUT2D eigenvalue weighted by Gasteiger charge is 2.16. The van der Waals surface area contributed by atoms with Crippen LogP contribution in [0.5, 0.6) is 5.75 Å². The molecule has 0 unspecified atom stereocenters. The number of carbonyl (C=O) groups excluding carboxylic acids is 1. The molecule has 0 saturated heterocycles. The highest BCUT2D eigenvalue weighted by atomic mass is 35.5. The molecule has 0 aromatic heterocycles. The summed E-state index contributed by atoms with van der Waals surface area (Å²) in [4.78, 5) is 12.3. The second-order valence-corrected chi connectivity index (χ2v) is 4.54. The lowest BCUT2D eigenvalue weighted by atomic mass is 10.1. The molecule has 0 aliphatic rings. The van der Waals surface area contributed by atoms with Crippen LogP contribution in [0.1, 0.15) is 15.9 Å². The van der Waals surface area contributed by atoms with Crippen molar-refractivity contribution in [3.8, 4) is 5.75 Å². The van der Waals surface area contributed by atoms with Crippen molar-refractivity contribution in [2.45, 2.75) is 6.61 Å². The maximum atomic E-state index is 12.3. The number of aliphatic hydroxyl groups excluding tert-OH is 1. The predicted octanol–water partition coefficient (Wildman–Crippen LogP) is 3.09. The van der Waals surface area contributed by atoms with E-state index in [9.17, 15) is 4.79 Å². The highest BCUT2D eigenvalue weighted by molar-refractivity contribution is 6.34. The third kappa shape index (κ3) is 3.10. The summed E-state index contributed by atoms with van der Waals surface area (Å²) < 4.78 is 5.14. The van der Waals surface area contributed by atoms with Crippen molar-refractivity contribution in [2.24, 2.45) is 0 Å². The number of anilines is 1. The summed E-state index contributed by atoms with van der Waals surface area (Å²) >= 11 is 6.05. The molecule has 4 nitrogen and oxygen atoms in total. The quantitative estimate of drug-likeness (QED) is 0.910. The van der Waals surface area contributed by atoms with Gasteiger partial charge in [-0.25, -0.2) is 0 Å². The molecule has 2 N–H and O–H groups in total. The summed E-state index contributed by atoms with van der Waals surface area (Å²) in [5, 5.41) is 12.1. The van der Waals surface area contributed by atoms with E-state index in [-0.39, 0.29) is 18.1 Å². The minimum absolute atomic E-state index is 0.0842. The molecular formula is C15H14ClNO3. The average Bonchev–Trinajstić information content (AvgIpc) is 2.46. The van der Waals surface area contributed by atoms with Crippen molar-refractivity contribution < 1.29 is 14.6 Å². The van der Waals surface area contributed by atoms with Crippen LogP contribution in [0.3, 0.4) is 0 Å². The largest absolute Gasteiger partial charge is 0.496 e. The zero-order chi connectivity index (χ0) is 14.5. The van der Waals surface area contributed by atoms with Crippen molar-refractivity contribution in [3.05, 3.63) is 58.6 Å². The Bertz CT molecular complexity index is 628. The Morgan fingerprint density at radius 2 is 2.05 bits per heavy atom. The number of amides is 1.